The van der Waals surface area contributed by atoms with Crippen molar-refractivity contribution in [2.24, 2.45) is 0 Å². The lowest BCUT2D eigenvalue weighted by Crippen LogP contribution is -2.44. The Morgan fingerprint density at radius 1 is 0.833 bits per heavy atom. The van der Waals surface area contributed by atoms with Gasteiger partial charge in [0.05, 0.1) is 5.60 Å². The second-order valence-electron chi connectivity index (χ2n) is 5.78. The number of benzene rings is 2. The lowest BCUT2D eigenvalue weighted by molar-refractivity contribution is 0.0216. The van der Waals surface area contributed by atoms with E-state index < -0.39 is 5.60 Å². The zero-order valence-corrected chi connectivity index (χ0v) is 11.1. The van der Waals surface area contributed by atoms with Crippen LogP contribution in [0.4, 0.5) is 0 Å². The van der Waals surface area contributed by atoms with Crippen LogP contribution in [-0.2, 0) is 5.41 Å². The van der Waals surface area contributed by atoms with E-state index in [-0.39, 0.29) is 5.41 Å². The van der Waals surface area contributed by atoms with Gasteiger partial charge < -0.3 is 5.11 Å². The zero-order chi connectivity index (χ0) is 13.0. The van der Waals surface area contributed by atoms with E-state index in [1.807, 2.05) is 13.8 Å². The first-order valence-electron chi connectivity index (χ1n) is 6.38. The Hall–Kier alpha value is -1.60. The third-order valence-corrected chi connectivity index (χ3v) is 4.45. The van der Waals surface area contributed by atoms with Crippen LogP contribution in [0.2, 0.25) is 0 Å². The third kappa shape index (κ3) is 1.25. The minimum Gasteiger partial charge on any atom is -0.389 e. The molecule has 0 amide bonds. The first-order chi connectivity index (χ1) is 8.46. The van der Waals surface area contributed by atoms with E-state index in [0.717, 1.165) is 0 Å². The molecule has 0 aromatic heterocycles. The maximum Gasteiger partial charge on any atom is 0.0726 e. The van der Waals surface area contributed by atoms with Crippen LogP contribution in [0.1, 0.15) is 31.9 Å². The summed E-state index contributed by atoms with van der Waals surface area (Å²) in [7, 11) is 0. The second-order valence-corrected chi connectivity index (χ2v) is 5.78. The summed E-state index contributed by atoms with van der Waals surface area (Å²) >= 11 is 0. The largest absolute Gasteiger partial charge is 0.389 e. The molecule has 92 valence electrons. The summed E-state index contributed by atoms with van der Waals surface area (Å²) in [5, 5.41) is 10.7. The van der Waals surface area contributed by atoms with Crippen molar-refractivity contribution in [2.45, 2.75) is 31.8 Å². The van der Waals surface area contributed by atoms with Crippen LogP contribution in [0.15, 0.2) is 48.5 Å². The number of rotatable bonds is 1. The van der Waals surface area contributed by atoms with Crippen LogP contribution >= 0.6 is 0 Å². The summed E-state index contributed by atoms with van der Waals surface area (Å²) in [5.41, 5.74) is 3.79. The molecule has 0 saturated carbocycles. The lowest BCUT2D eigenvalue weighted by Gasteiger charge is -2.39. The zero-order valence-electron chi connectivity index (χ0n) is 11.1. The minimum atomic E-state index is -0.796. The van der Waals surface area contributed by atoms with Crippen molar-refractivity contribution >= 4 is 0 Å². The topological polar surface area (TPSA) is 20.2 Å². The Labute approximate surface area is 108 Å². The van der Waals surface area contributed by atoms with Crippen LogP contribution in [0, 0.1) is 0 Å². The normalized spacial score (nSPS) is 16.2. The summed E-state index contributed by atoms with van der Waals surface area (Å²) in [5.74, 6) is 0. The summed E-state index contributed by atoms with van der Waals surface area (Å²) < 4.78 is 0. The Morgan fingerprint density at radius 3 is 1.61 bits per heavy atom. The molecule has 0 aliphatic heterocycles. The van der Waals surface area contributed by atoms with Crippen LogP contribution in [0.3, 0.4) is 0 Å². The molecule has 0 bridgehead atoms. The van der Waals surface area contributed by atoms with E-state index in [0.29, 0.717) is 0 Å². The molecule has 1 heteroatoms. The average Bonchev–Trinajstić information content (AvgIpc) is 2.62. The van der Waals surface area contributed by atoms with Crippen molar-refractivity contribution in [2.75, 3.05) is 0 Å². The van der Waals surface area contributed by atoms with E-state index in [1.165, 1.54) is 22.3 Å². The SMILES string of the molecule is CC(C)(O)C1(C)c2ccccc2-c2ccccc21. The standard InChI is InChI=1S/C17H18O/c1-16(2,18)17(3)14-10-6-4-8-12(14)13-9-5-7-11-15(13)17/h4-11,18H,1-3H3. The molecule has 0 unspecified atom stereocenters. The van der Waals surface area contributed by atoms with E-state index in [4.69, 9.17) is 0 Å². The third-order valence-electron chi connectivity index (χ3n) is 4.45. The van der Waals surface area contributed by atoms with E-state index >= 15 is 0 Å². The molecule has 2 aromatic rings. The number of aliphatic hydroxyl groups is 1. The maximum atomic E-state index is 10.7. The van der Waals surface area contributed by atoms with Gasteiger partial charge in [-0.25, -0.2) is 0 Å². The molecule has 0 heterocycles. The quantitative estimate of drug-likeness (QED) is 0.802. The number of hydrogen-bond donors (Lipinski definition) is 1. The van der Waals surface area contributed by atoms with Crippen LogP contribution in [0.25, 0.3) is 11.1 Å². The minimum absolute atomic E-state index is 0.347. The van der Waals surface area contributed by atoms with E-state index in [9.17, 15) is 5.11 Å². The first kappa shape index (κ1) is 11.5. The predicted molar refractivity (Wildman–Crippen MR) is 74.6 cm³/mol. The van der Waals surface area contributed by atoms with Gasteiger partial charge in [0.2, 0.25) is 0 Å². The average molecular weight is 238 g/mol. The Bertz CT molecular complexity index is 560. The van der Waals surface area contributed by atoms with Gasteiger partial charge in [0, 0.05) is 5.41 Å². The van der Waals surface area contributed by atoms with Gasteiger partial charge in [-0.1, -0.05) is 48.5 Å². The fourth-order valence-corrected chi connectivity index (χ4v) is 3.11. The molecule has 0 spiro atoms. The molecule has 0 saturated heterocycles. The molecule has 0 radical (unpaired) electrons. The number of fused-ring (bicyclic) bond motifs is 3. The van der Waals surface area contributed by atoms with Gasteiger partial charge in [-0.15, -0.1) is 0 Å². The van der Waals surface area contributed by atoms with Crippen LogP contribution < -0.4 is 0 Å². The summed E-state index contributed by atoms with van der Waals surface area (Å²) in [6.45, 7) is 5.93. The van der Waals surface area contributed by atoms with Gasteiger partial charge in [-0.3, -0.25) is 0 Å². The molecule has 0 atom stereocenters. The fourth-order valence-electron chi connectivity index (χ4n) is 3.11. The number of hydrogen-bond acceptors (Lipinski definition) is 1. The van der Waals surface area contributed by atoms with Gasteiger partial charge >= 0.3 is 0 Å². The smallest absolute Gasteiger partial charge is 0.0726 e. The van der Waals surface area contributed by atoms with Crippen molar-refractivity contribution in [1.82, 2.24) is 0 Å². The molecular weight excluding hydrogens is 220 g/mol. The highest BCUT2D eigenvalue weighted by molar-refractivity contribution is 5.81. The highest BCUT2D eigenvalue weighted by Crippen LogP contribution is 2.53. The summed E-state index contributed by atoms with van der Waals surface area (Å²) in [6.07, 6.45) is 0. The van der Waals surface area contributed by atoms with Crippen molar-refractivity contribution in [1.29, 1.82) is 0 Å². The van der Waals surface area contributed by atoms with Crippen molar-refractivity contribution < 1.29 is 5.11 Å². The van der Waals surface area contributed by atoms with Crippen molar-refractivity contribution in [3.8, 4) is 11.1 Å². The Kier molecular flexibility index (Phi) is 2.21. The predicted octanol–water partition coefficient (Wildman–Crippen LogP) is 3.74. The van der Waals surface area contributed by atoms with Crippen molar-refractivity contribution in [3.05, 3.63) is 59.7 Å². The molecule has 1 aliphatic carbocycles. The fraction of sp³-hybridized carbons (Fsp3) is 0.294. The molecule has 1 N–H and O–H groups in total. The maximum absolute atomic E-state index is 10.7. The first-order valence-corrected chi connectivity index (χ1v) is 6.38. The Morgan fingerprint density at radius 2 is 1.22 bits per heavy atom. The highest BCUT2D eigenvalue weighted by Gasteiger charge is 2.48. The Balaban J connectivity index is 2.41. The van der Waals surface area contributed by atoms with Crippen LogP contribution in [-0.4, -0.2) is 10.7 Å². The highest BCUT2D eigenvalue weighted by atomic mass is 16.3. The molecule has 2 aromatic carbocycles. The molecule has 3 rings (SSSR count). The van der Waals surface area contributed by atoms with Crippen LogP contribution in [0.5, 0.6) is 0 Å². The van der Waals surface area contributed by atoms with Gasteiger partial charge in [0.1, 0.15) is 0 Å². The monoisotopic (exact) mass is 238 g/mol. The van der Waals surface area contributed by atoms with E-state index in [2.05, 4.69) is 55.5 Å². The van der Waals surface area contributed by atoms with Gasteiger partial charge in [0.25, 0.3) is 0 Å². The van der Waals surface area contributed by atoms with Crippen molar-refractivity contribution in [3.63, 3.8) is 0 Å². The van der Waals surface area contributed by atoms with Gasteiger partial charge in [-0.2, -0.15) is 0 Å². The lowest BCUT2D eigenvalue weighted by atomic mass is 9.68. The molecule has 18 heavy (non-hydrogen) atoms. The molecule has 1 aliphatic rings. The molecular formula is C17H18O. The molecule has 1 nitrogen and oxygen atoms in total. The van der Waals surface area contributed by atoms with E-state index in [1.54, 1.807) is 0 Å². The van der Waals surface area contributed by atoms with Gasteiger partial charge in [0.15, 0.2) is 0 Å². The second kappa shape index (κ2) is 3.46. The summed E-state index contributed by atoms with van der Waals surface area (Å²) in [6, 6.07) is 16.8. The van der Waals surface area contributed by atoms with Gasteiger partial charge in [-0.05, 0) is 43.0 Å². The summed E-state index contributed by atoms with van der Waals surface area (Å²) in [4.78, 5) is 0. The molecule has 0 fully saturated rings.